The number of hydrogen-bond donors (Lipinski definition) is 3. The van der Waals surface area contributed by atoms with E-state index in [2.05, 4.69) is 23.8 Å². The highest BCUT2D eigenvalue weighted by Crippen LogP contribution is 2.25. The number of nitrogens with two attached hydrogens (primary N) is 1. The average Bonchev–Trinajstić information content (AvgIpc) is 2.68. The van der Waals surface area contributed by atoms with Gasteiger partial charge in [0.2, 0.25) is 5.90 Å². The van der Waals surface area contributed by atoms with Gasteiger partial charge in [-0.25, -0.2) is 0 Å². The first-order valence-corrected chi connectivity index (χ1v) is 10.7. The Morgan fingerprint density at radius 3 is 2.25 bits per heavy atom. The van der Waals surface area contributed by atoms with Gasteiger partial charge in [-0.2, -0.15) is 5.10 Å². The summed E-state index contributed by atoms with van der Waals surface area (Å²) in [7, 11) is 0. The summed E-state index contributed by atoms with van der Waals surface area (Å²) in [6.07, 6.45) is 11.9. The van der Waals surface area contributed by atoms with E-state index >= 15 is 0 Å². The molecular formula is C21H41N3O4. The molecule has 0 rings (SSSR count). The molecule has 0 aromatic rings. The first-order valence-electron chi connectivity index (χ1n) is 10.7. The summed E-state index contributed by atoms with van der Waals surface area (Å²) in [5.74, 6) is -0.883. The maximum absolute atomic E-state index is 11.5. The van der Waals surface area contributed by atoms with Gasteiger partial charge in [0.1, 0.15) is 5.54 Å². The molecule has 7 heteroatoms. The van der Waals surface area contributed by atoms with Gasteiger partial charge in [0.15, 0.2) is 0 Å². The zero-order valence-electron chi connectivity index (χ0n) is 17.9. The van der Waals surface area contributed by atoms with Gasteiger partial charge < -0.3 is 20.7 Å². The second-order valence-electron chi connectivity index (χ2n) is 7.49. The van der Waals surface area contributed by atoms with Gasteiger partial charge in [-0.15, -0.1) is 5.10 Å². The number of nitrogens with zero attached hydrogens (tertiary/aromatic N) is 2. The van der Waals surface area contributed by atoms with Crippen molar-refractivity contribution < 1.29 is 19.7 Å². The van der Waals surface area contributed by atoms with Gasteiger partial charge >= 0.3 is 5.97 Å². The summed E-state index contributed by atoms with van der Waals surface area (Å²) in [4.78, 5) is 11.5. The van der Waals surface area contributed by atoms with Crippen LogP contribution in [0.4, 0.5) is 0 Å². The van der Waals surface area contributed by atoms with E-state index in [9.17, 15) is 15.0 Å². The SMILES string of the molecule is C=N/N=C(/CCCCCCCCC)OCCCC(CCC)C(N)(CO)C(=O)O. The predicted octanol–water partition coefficient (Wildman–Crippen LogP) is 4.13. The molecule has 0 aromatic carbocycles. The topological polar surface area (TPSA) is 118 Å². The van der Waals surface area contributed by atoms with E-state index in [1.165, 1.54) is 32.1 Å². The molecule has 0 saturated heterocycles. The highest BCUT2D eigenvalue weighted by molar-refractivity contribution is 5.79. The van der Waals surface area contributed by atoms with Crippen LogP contribution in [0.3, 0.4) is 0 Å². The zero-order chi connectivity index (χ0) is 21.3. The van der Waals surface area contributed by atoms with Crippen LogP contribution in [0, 0.1) is 5.92 Å². The van der Waals surface area contributed by atoms with Gasteiger partial charge in [0, 0.05) is 13.1 Å². The summed E-state index contributed by atoms with van der Waals surface area (Å²) in [6, 6.07) is 0. The molecular weight excluding hydrogens is 358 g/mol. The highest BCUT2D eigenvalue weighted by Gasteiger charge is 2.40. The number of aliphatic hydroxyl groups is 1. The second-order valence-corrected chi connectivity index (χ2v) is 7.49. The summed E-state index contributed by atoms with van der Waals surface area (Å²) < 4.78 is 5.73. The second kappa shape index (κ2) is 16.5. The number of hydrogen-bond acceptors (Lipinski definition) is 6. The fourth-order valence-electron chi connectivity index (χ4n) is 3.36. The van der Waals surface area contributed by atoms with Crippen LogP contribution in [0.1, 0.15) is 90.9 Å². The molecule has 0 saturated carbocycles. The summed E-state index contributed by atoms with van der Waals surface area (Å²) in [6.45, 7) is 7.44. The maximum atomic E-state index is 11.5. The van der Waals surface area contributed by atoms with E-state index in [1.54, 1.807) is 0 Å². The summed E-state index contributed by atoms with van der Waals surface area (Å²) in [5.41, 5.74) is 4.34. The lowest BCUT2D eigenvalue weighted by atomic mass is 9.79. The number of aliphatic carboxylic acids is 1. The number of ether oxygens (including phenoxy) is 1. The van der Waals surface area contributed by atoms with Crippen molar-refractivity contribution in [1.29, 1.82) is 0 Å². The Morgan fingerprint density at radius 2 is 1.71 bits per heavy atom. The minimum Gasteiger partial charge on any atom is -0.480 e. The van der Waals surface area contributed by atoms with Crippen molar-refractivity contribution in [1.82, 2.24) is 0 Å². The molecule has 28 heavy (non-hydrogen) atoms. The molecule has 0 radical (unpaired) electrons. The molecule has 0 fully saturated rings. The fourth-order valence-corrected chi connectivity index (χ4v) is 3.36. The van der Waals surface area contributed by atoms with Crippen LogP contribution in [-0.2, 0) is 9.53 Å². The van der Waals surface area contributed by atoms with Crippen molar-refractivity contribution in [3.8, 4) is 0 Å². The third kappa shape index (κ3) is 10.8. The van der Waals surface area contributed by atoms with Crippen LogP contribution in [-0.4, -0.2) is 47.6 Å². The van der Waals surface area contributed by atoms with Crippen LogP contribution in [0.2, 0.25) is 0 Å². The van der Waals surface area contributed by atoms with E-state index in [4.69, 9.17) is 10.5 Å². The largest absolute Gasteiger partial charge is 0.480 e. The van der Waals surface area contributed by atoms with Gasteiger partial charge in [0.05, 0.1) is 13.2 Å². The summed E-state index contributed by atoms with van der Waals surface area (Å²) in [5, 5.41) is 26.4. The van der Waals surface area contributed by atoms with Gasteiger partial charge in [-0.3, -0.25) is 4.79 Å². The number of carboxylic acids is 1. The molecule has 0 bridgehead atoms. The van der Waals surface area contributed by atoms with Gasteiger partial charge in [-0.05, 0) is 31.6 Å². The van der Waals surface area contributed by atoms with Crippen LogP contribution in [0.25, 0.3) is 0 Å². The number of rotatable bonds is 18. The van der Waals surface area contributed by atoms with Crippen LogP contribution in [0.5, 0.6) is 0 Å². The molecule has 0 heterocycles. The molecule has 0 spiro atoms. The van der Waals surface area contributed by atoms with Crippen LogP contribution < -0.4 is 5.73 Å². The van der Waals surface area contributed by atoms with Gasteiger partial charge in [-0.1, -0.05) is 58.8 Å². The number of aliphatic hydroxyl groups excluding tert-OH is 1. The summed E-state index contributed by atoms with van der Waals surface area (Å²) >= 11 is 0. The lowest BCUT2D eigenvalue weighted by Crippen LogP contribution is -2.57. The van der Waals surface area contributed by atoms with E-state index in [0.717, 1.165) is 25.7 Å². The van der Waals surface area contributed by atoms with Crippen molar-refractivity contribution in [3.05, 3.63) is 0 Å². The molecule has 0 aromatic heterocycles. The number of carbonyl (C=O) groups is 1. The molecule has 2 atom stereocenters. The van der Waals surface area contributed by atoms with E-state index in [0.29, 0.717) is 31.8 Å². The van der Waals surface area contributed by atoms with Gasteiger partial charge in [0.25, 0.3) is 0 Å². The third-order valence-electron chi connectivity index (χ3n) is 5.17. The van der Waals surface area contributed by atoms with E-state index in [1.807, 2.05) is 6.92 Å². The third-order valence-corrected chi connectivity index (χ3v) is 5.17. The van der Waals surface area contributed by atoms with Crippen molar-refractivity contribution in [3.63, 3.8) is 0 Å². The van der Waals surface area contributed by atoms with Crippen LogP contribution >= 0.6 is 0 Å². The lowest BCUT2D eigenvalue weighted by molar-refractivity contribution is -0.148. The Bertz CT molecular complexity index is 457. The Labute approximate surface area is 170 Å². The number of unbranched alkanes of at least 4 members (excludes halogenated alkanes) is 6. The molecule has 4 N–H and O–H groups in total. The lowest BCUT2D eigenvalue weighted by Gasteiger charge is -2.32. The standard InChI is InChI=1S/C21H41N3O4/c1-4-6-7-8-9-10-11-15-19(24-23-3)28-16-12-14-18(13-5-2)21(22,17-25)20(26)27/h18,25H,3-17,22H2,1-2H3,(H,26,27)/b24-19-. The molecule has 0 amide bonds. The molecule has 164 valence electrons. The first kappa shape index (κ1) is 26.5. The molecule has 0 aliphatic heterocycles. The molecule has 2 unspecified atom stereocenters. The van der Waals surface area contributed by atoms with Crippen molar-refractivity contribution in [2.24, 2.45) is 21.9 Å². The van der Waals surface area contributed by atoms with E-state index < -0.39 is 18.1 Å². The smallest absolute Gasteiger partial charge is 0.326 e. The highest BCUT2D eigenvalue weighted by atomic mass is 16.5. The Hall–Kier alpha value is -1.47. The number of carboxylic acid groups (broad SMARTS) is 1. The van der Waals surface area contributed by atoms with E-state index in [-0.39, 0.29) is 5.92 Å². The maximum Gasteiger partial charge on any atom is 0.326 e. The zero-order valence-corrected chi connectivity index (χ0v) is 17.9. The Morgan fingerprint density at radius 1 is 1.07 bits per heavy atom. The first-order chi connectivity index (χ1) is 13.5. The predicted molar refractivity (Wildman–Crippen MR) is 115 cm³/mol. The van der Waals surface area contributed by atoms with Crippen molar-refractivity contribution in [2.75, 3.05) is 13.2 Å². The quantitative estimate of drug-likeness (QED) is 0.139. The molecule has 0 aliphatic rings. The average molecular weight is 400 g/mol. The minimum absolute atomic E-state index is 0.301. The molecule has 7 nitrogen and oxygen atoms in total. The van der Waals surface area contributed by atoms with Crippen molar-refractivity contribution in [2.45, 2.75) is 96.4 Å². The Balaban J connectivity index is 4.29. The molecule has 0 aliphatic carbocycles. The fraction of sp³-hybridized carbons (Fsp3) is 0.857. The monoisotopic (exact) mass is 399 g/mol. The normalized spacial score (nSPS) is 15.1. The van der Waals surface area contributed by atoms with Crippen molar-refractivity contribution >= 4 is 18.6 Å². The minimum atomic E-state index is -1.60. The van der Waals surface area contributed by atoms with Crippen LogP contribution in [0.15, 0.2) is 10.2 Å². The Kier molecular flexibility index (Phi) is 15.6.